The minimum Gasteiger partial charge on any atom is -0.495 e. The Bertz CT molecular complexity index is 679. The Balaban J connectivity index is 1.99. The highest BCUT2D eigenvalue weighted by molar-refractivity contribution is 7.89. The van der Waals surface area contributed by atoms with Crippen LogP contribution in [0.1, 0.15) is 12.0 Å². The summed E-state index contributed by atoms with van der Waals surface area (Å²) in [7, 11) is -2.08. The fourth-order valence-corrected chi connectivity index (χ4v) is 3.38. The molecule has 6 heteroatoms. The van der Waals surface area contributed by atoms with Gasteiger partial charge in [0.25, 0.3) is 0 Å². The second-order valence-corrected chi connectivity index (χ2v) is 6.56. The van der Waals surface area contributed by atoms with Gasteiger partial charge in [-0.2, -0.15) is 0 Å². The molecule has 0 fully saturated rings. The SMILES string of the molecule is COc1ccc(C)cc1S(=O)(=O)NCCCn1cccc1. The fourth-order valence-electron chi connectivity index (χ4n) is 2.06. The summed E-state index contributed by atoms with van der Waals surface area (Å²) in [6.07, 6.45) is 4.64. The van der Waals surface area contributed by atoms with E-state index in [9.17, 15) is 8.42 Å². The van der Waals surface area contributed by atoms with Crippen LogP contribution in [0.5, 0.6) is 5.75 Å². The van der Waals surface area contributed by atoms with Gasteiger partial charge in [0.05, 0.1) is 7.11 Å². The third-order valence-corrected chi connectivity index (χ3v) is 4.64. The number of ether oxygens (including phenoxy) is 1. The van der Waals surface area contributed by atoms with Crippen LogP contribution in [0.3, 0.4) is 0 Å². The molecule has 0 aliphatic heterocycles. The van der Waals surface area contributed by atoms with Crippen molar-refractivity contribution in [2.45, 2.75) is 24.8 Å². The summed E-state index contributed by atoms with van der Waals surface area (Å²) in [5.74, 6) is 0.360. The molecule has 1 aromatic carbocycles. The number of rotatable bonds is 7. The number of nitrogens with zero attached hydrogens (tertiary/aromatic N) is 1. The van der Waals surface area contributed by atoms with Crippen LogP contribution >= 0.6 is 0 Å². The zero-order chi connectivity index (χ0) is 15.3. The average molecular weight is 308 g/mol. The van der Waals surface area contributed by atoms with Gasteiger partial charge in [0.1, 0.15) is 10.6 Å². The number of aromatic nitrogens is 1. The van der Waals surface area contributed by atoms with E-state index in [-0.39, 0.29) is 4.90 Å². The summed E-state index contributed by atoms with van der Waals surface area (Å²) in [5, 5.41) is 0. The van der Waals surface area contributed by atoms with Crippen molar-refractivity contribution < 1.29 is 13.2 Å². The Hall–Kier alpha value is -1.79. The second kappa shape index (κ2) is 6.78. The van der Waals surface area contributed by atoms with E-state index in [4.69, 9.17) is 4.74 Å². The summed E-state index contributed by atoms with van der Waals surface area (Å²) in [6.45, 7) is 3.02. The van der Waals surface area contributed by atoms with Gasteiger partial charge in [-0.25, -0.2) is 13.1 Å². The van der Waals surface area contributed by atoms with E-state index in [0.717, 1.165) is 18.5 Å². The first-order valence-corrected chi connectivity index (χ1v) is 8.26. The monoisotopic (exact) mass is 308 g/mol. The maximum absolute atomic E-state index is 12.3. The van der Waals surface area contributed by atoms with E-state index in [1.807, 2.05) is 42.1 Å². The van der Waals surface area contributed by atoms with Gasteiger partial charge in [-0.15, -0.1) is 0 Å². The Morgan fingerprint density at radius 2 is 1.95 bits per heavy atom. The molecular formula is C15H20N2O3S. The van der Waals surface area contributed by atoms with Gasteiger partial charge in [0.2, 0.25) is 10.0 Å². The first-order valence-electron chi connectivity index (χ1n) is 6.78. The molecule has 0 aliphatic carbocycles. The van der Waals surface area contributed by atoms with E-state index >= 15 is 0 Å². The van der Waals surface area contributed by atoms with E-state index < -0.39 is 10.0 Å². The number of aryl methyl sites for hydroxylation is 2. The van der Waals surface area contributed by atoms with E-state index in [1.54, 1.807) is 12.1 Å². The summed E-state index contributed by atoms with van der Waals surface area (Å²) < 4.78 is 34.4. The number of nitrogens with one attached hydrogen (secondary N) is 1. The first-order chi connectivity index (χ1) is 10.0. The smallest absolute Gasteiger partial charge is 0.244 e. The molecule has 0 aliphatic rings. The molecule has 0 spiro atoms. The Labute approximate surface area is 125 Å². The van der Waals surface area contributed by atoms with Gasteiger partial charge in [-0.1, -0.05) is 6.07 Å². The van der Waals surface area contributed by atoms with Gasteiger partial charge < -0.3 is 9.30 Å². The molecule has 0 amide bonds. The summed E-state index contributed by atoms with van der Waals surface area (Å²) in [4.78, 5) is 0.186. The maximum Gasteiger partial charge on any atom is 0.244 e. The van der Waals surface area contributed by atoms with Crippen molar-refractivity contribution in [3.05, 3.63) is 48.3 Å². The lowest BCUT2D eigenvalue weighted by Gasteiger charge is -2.11. The van der Waals surface area contributed by atoms with Gasteiger partial charge in [0, 0.05) is 25.5 Å². The van der Waals surface area contributed by atoms with Crippen LogP contribution in [0.2, 0.25) is 0 Å². The molecule has 0 saturated carbocycles. The predicted octanol–water partition coefficient (Wildman–Crippen LogP) is 2.17. The molecule has 2 aromatic rings. The molecular weight excluding hydrogens is 288 g/mol. The topological polar surface area (TPSA) is 60.3 Å². The fraction of sp³-hybridized carbons (Fsp3) is 0.333. The van der Waals surface area contributed by atoms with Crippen LogP contribution < -0.4 is 9.46 Å². The van der Waals surface area contributed by atoms with Gasteiger partial charge >= 0.3 is 0 Å². The lowest BCUT2D eigenvalue weighted by Crippen LogP contribution is -2.26. The predicted molar refractivity (Wildman–Crippen MR) is 82.0 cm³/mol. The number of benzene rings is 1. The molecule has 1 N–H and O–H groups in total. The standard InChI is InChI=1S/C15H20N2O3S/c1-13-6-7-14(20-2)15(12-13)21(18,19)16-8-5-11-17-9-3-4-10-17/h3-4,6-7,9-10,12,16H,5,8,11H2,1-2H3. The lowest BCUT2D eigenvalue weighted by atomic mass is 10.2. The number of hydrogen-bond donors (Lipinski definition) is 1. The molecule has 0 unspecified atom stereocenters. The van der Waals surface area contributed by atoms with Crippen LogP contribution in [0.25, 0.3) is 0 Å². The van der Waals surface area contributed by atoms with Crippen LogP contribution in [-0.4, -0.2) is 26.6 Å². The molecule has 0 bridgehead atoms. The molecule has 0 radical (unpaired) electrons. The Morgan fingerprint density at radius 1 is 1.24 bits per heavy atom. The van der Waals surface area contributed by atoms with Crippen molar-refractivity contribution in [3.8, 4) is 5.75 Å². The quantitative estimate of drug-likeness (QED) is 0.798. The third kappa shape index (κ3) is 4.09. The van der Waals surface area contributed by atoms with Crippen molar-refractivity contribution in [2.24, 2.45) is 0 Å². The van der Waals surface area contributed by atoms with E-state index in [0.29, 0.717) is 12.3 Å². The van der Waals surface area contributed by atoms with Crippen LogP contribution in [-0.2, 0) is 16.6 Å². The molecule has 0 saturated heterocycles. The molecule has 1 heterocycles. The summed E-state index contributed by atoms with van der Waals surface area (Å²) in [5.41, 5.74) is 0.878. The molecule has 5 nitrogen and oxygen atoms in total. The largest absolute Gasteiger partial charge is 0.495 e. The van der Waals surface area contributed by atoms with Gasteiger partial charge in [-0.05, 0) is 43.2 Å². The van der Waals surface area contributed by atoms with Gasteiger partial charge in [-0.3, -0.25) is 0 Å². The van der Waals surface area contributed by atoms with Gasteiger partial charge in [0.15, 0.2) is 0 Å². The lowest BCUT2D eigenvalue weighted by molar-refractivity contribution is 0.402. The zero-order valence-corrected chi connectivity index (χ0v) is 13.1. The van der Waals surface area contributed by atoms with Crippen molar-refractivity contribution in [1.82, 2.24) is 9.29 Å². The number of methoxy groups -OCH3 is 1. The normalized spacial score (nSPS) is 11.5. The van der Waals surface area contributed by atoms with Crippen molar-refractivity contribution in [1.29, 1.82) is 0 Å². The Kier molecular flexibility index (Phi) is 5.03. The highest BCUT2D eigenvalue weighted by Crippen LogP contribution is 2.24. The number of sulfonamides is 1. The highest BCUT2D eigenvalue weighted by atomic mass is 32.2. The van der Waals surface area contributed by atoms with Crippen LogP contribution in [0.4, 0.5) is 0 Å². The van der Waals surface area contributed by atoms with Crippen LogP contribution in [0.15, 0.2) is 47.6 Å². The minimum atomic E-state index is -3.55. The second-order valence-electron chi connectivity index (χ2n) is 4.83. The van der Waals surface area contributed by atoms with E-state index in [1.165, 1.54) is 7.11 Å². The maximum atomic E-state index is 12.3. The molecule has 0 atom stereocenters. The first kappa shape index (κ1) is 15.6. The third-order valence-electron chi connectivity index (χ3n) is 3.16. The van der Waals surface area contributed by atoms with Crippen molar-refractivity contribution >= 4 is 10.0 Å². The minimum absolute atomic E-state index is 0.186. The summed E-state index contributed by atoms with van der Waals surface area (Å²) in [6, 6.07) is 9.00. The Morgan fingerprint density at radius 3 is 2.62 bits per heavy atom. The molecule has 1 aromatic heterocycles. The zero-order valence-electron chi connectivity index (χ0n) is 12.2. The van der Waals surface area contributed by atoms with E-state index in [2.05, 4.69) is 4.72 Å². The highest BCUT2D eigenvalue weighted by Gasteiger charge is 2.18. The van der Waals surface area contributed by atoms with Crippen molar-refractivity contribution in [2.75, 3.05) is 13.7 Å². The average Bonchev–Trinajstić information content (AvgIpc) is 2.97. The van der Waals surface area contributed by atoms with Crippen LogP contribution in [0, 0.1) is 6.92 Å². The number of hydrogen-bond acceptors (Lipinski definition) is 3. The van der Waals surface area contributed by atoms with Crippen molar-refractivity contribution in [3.63, 3.8) is 0 Å². The molecule has 21 heavy (non-hydrogen) atoms. The molecule has 2 rings (SSSR count). The summed E-state index contributed by atoms with van der Waals surface area (Å²) >= 11 is 0. The molecule has 114 valence electrons.